The molecule has 1 aromatic heterocycles. The fourth-order valence-corrected chi connectivity index (χ4v) is 2.71. The maximum Gasteiger partial charge on any atom is 0.258 e. The van der Waals surface area contributed by atoms with E-state index in [1.54, 1.807) is 25.6 Å². The van der Waals surface area contributed by atoms with Gasteiger partial charge in [0, 0.05) is 49.5 Å². The Morgan fingerprint density at radius 1 is 1.07 bits per heavy atom. The Morgan fingerprint density at radius 3 is 2.57 bits per heavy atom. The number of rotatable bonds is 6. The number of hydrogen-bond donors (Lipinski definition) is 2. The minimum Gasteiger partial charge on any atom is -0.497 e. The Hall–Kier alpha value is -3.87. The first-order chi connectivity index (χ1) is 14.5. The predicted molar refractivity (Wildman–Crippen MR) is 120 cm³/mol. The molecule has 0 aliphatic rings. The number of nitrogens with zero attached hydrogens (tertiary/aromatic N) is 3. The number of guanidine groups is 1. The van der Waals surface area contributed by atoms with Crippen molar-refractivity contribution in [3.05, 3.63) is 84.2 Å². The van der Waals surface area contributed by atoms with E-state index in [-0.39, 0.29) is 5.91 Å². The Balaban J connectivity index is 1.82. The van der Waals surface area contributed by atoms with Crippen molar-refractivity contribution in [3.8, 4) is 5.75 Å². The van der Waals surface area contributed by atoms with Crippen LogP contribution in [0, 0.1) is 0 Å². The molecule has 0 saturated heterocycles. The van der Waals surface area contributed by atoms with Crippen molar-refractivity contribution >= 4 is 23.2 Å². The largest absolute Gasteiger partial charge is 0.497 e. The van der Waals surface area contributed by atoms with Crippen LogP contribution in [0.25, 0.3) is 0 Å². The Bertz CT molecular complexity index is 1020. The third kappa shape index (κ3) is 5.81. The van der Waals surface area contributed by atoms with Crippen LogP contribution in [0.15, 0.2) is 78.0 Å². The molecule has 0 radical (unpaired) electrons. The lowest BCUT2D eigenvalue weighted by molar-refractivity contribution is 0.0977. The zero-order chi connectivity index (χ0) is 21.3. The van der Waals surface area contributed by atoms with E-state index in [1.165, 1.54) is 0 Å². The Kier molecular flexibility index (Phi) is 7.00. The van der Waals surface area contributed by atoms with Gasteiger partial charge in [-0.3, -0.25) is 15.1 Å². The standard InChI is InChI=1S/C23H25N5O2/c1-28(2)20-8-4-6-18(14-20)22(29)27-23(25-16-17-10-12-24-13-11-17)26-19-7-5-9-21(15-19)30-3/h4-15H,16H2,1-3H3,(H2,25,26,27,29). The number of methoxy groups -OCH3 is 1. The lowest BCUT2D eigenvalue weighted by Crippen LogP contribution is -2.36. The molecule has 154 valence electrons. The molecule has 0 atom stereocenters. The van der Waals surface area contributed by atoms with Gasteiger partial charge >= 0.3 is 0 Å². The van der Waals surface area contributed by atoms with E-state index in [4.69, 9.17) is 4.74 Å². The van der Waals surface area contributed by atoms with Gasteiger partial charge in [-0.15, -0.1) is 0 Å². The van der Waals surface area contributed by atoms with Crippen molar-refractivity contribution in [1.82, 2.24) is 10.3 Å². The summed E-state index contributed by atoms with van der Waals surface area (Å²) in [6.45, 7) is 0.396. The lowest BCUT2D eigenvalue weighted by Gasteiger charge is -2.15. The van der Waals surface area contributed by atoms with Gasteiger partial charge in [-0.05, 0) is 48.0 Å². The zero-order valence-electron chi connectivity index (χ0n) is 17.3. The molecule has 3 aromatic rings. The van der Waals surface area contributed by atoms with E-state index in [0.717, 1.165) is 16.9 Å². The number of nitrogens with one attached hydrogen (secondary N) is 2. The van der Waals surface area contributed by atoms with E-state index >= 15 is 0 Å². The van der Waals surface area contributed by atoms with Gasteiger partial charge in [0.05, 0.1) is 13.7 Å². The number of amides is 1. The van der Waals surface area contributed by atoms with Gasteiger partial charge in [-0.25, -0.2) is 4.99 Å². The van der Waals surface area contributed by atoms with Crippen molar-refractivity contribution < 1.29 is 9.53 Å². The van der Waals surface area contributed by atoms with Crippen LogP contribution >= 0.6 is 0 Å². The molecule has 1 amide bonds. The van der Waals surface area contributed by atoms with E-state index < -0.39 is 0 Å². The minimum atomic E-state index is -0.248. The lowest BCUT2D eigenvalue weighted by atomic mass is 10.2. The number of aliphatic imine (C=N–C) groups is 1. The average molecular weight is 403 g/mol. The highest BCUT2D eigenvalue weighted by Crippen LogP contribution is 2.17. The van der Waals surface area contributed by atoms with Crippen LogP contribution in [-0.4, -0.2) is 38.1 Å². The van der Waals surface area contributed by atoms with Gasteiger partial charge in [0.1, 0.15) is 5.75 Å². The van der Waals surface area contributed by atoms with Gasteiger partial charge in [-0.1, -0.05) is 12.1 Å². The number of hydrogen-bond acceptors (Lipinski definition) is 5. The molecule has 0 saturated carbocycles. The summed E-state index contributed by atoms with van der Waals surface area (Å²) >= 11 is 0. The molecule has 0 aliphatic carbocycles. The van der Waals surface area contributed by atoms with Crippen molar-refractivity contribution in [2.24, 2.45) is 4.99 Å². The van der Waals surface area contributed by atoms with Gasteiger partial charge < -0.3 is 15.0 Å². The first kappa shape index (κ1) is 20.9. The normalized spacial score (nSPS) is 11.0. The smallest absolute Gasteiger partial charge is 0.258 e. The van der Waals surface area contributed by atoms with Crippen LogP contribution in [0.1, 0.15) is 15.9 Å². The third-order valence-electron chi connectivity index (χ3n) is 4.36. The summed E-state index contributed by atoms with van der Waals surface area (Å²) in [5, 5.41) is 6.05. The molecule has 3 rings (SSSR count). The fraction of sp³-hybridized carbons (Fsp3) is 0.174. The molecule has 7 nitrogen and oxygen atoms in total. The second-order valence-corrected chi connectivity index (χ2v) is 6.78. The van der Waals surface area contributed by atoms with Gasteiger partial charge in [0.15, 0.2) is 0 Å². The number of aromatic nitrogens is 1. The van der Waals surface area contributed by atoms with Crippen LogP contribution in [-0.2, 0) is 6.54 Å². The van der Waals surface area contributed by atoms with Gasteiger partial charge in [0.25, 0.3) is 5.91 Å². The molecule has 0 aliphatic heterocycles. The SMILES string of the molecule is COc1cccc(NC(=NCc2ccncc2)NC(=O)c2cccc(N(C)C)c2)c1. The van der Waals surface area contributed by atoms with E-state index in [0.29, 0.717) is 23.8 Å². The maximum atomic E-state index is 12.9. The highest BCUT2D eigenvalue weighted by molar-refractivity contribution is 6.10. The molecular weight excluding hydrogens is 378 g/mol. The summed E-state index contributed by atoms with van der Waals surface area (Å²) in [6, 6.07) is 18.6. The molecule has 0 bridgehead atoms. The fourth-order valence-electron chi connectivity index (χ4n) is 2.71. The van der Waals surface area contributed by atoms with Gasteiger partial charge in [0.2, 0.25) is 5.96 Å². The third-order valence-corrected chi connectivity index (χ3v) is 4.36. The number of benzene rings is 2. The van der Waals surface area contributed by atoms with Crippen molar-refractivity contribution in [2.45, 2.75) is 6.54 Å². The number of carbonyl (C=O) groups is 1. The zero-order valence-corrected chi connectivity index (χ0v) is 17.3. The number of ether oxygens (including phenoxy) is 1. The molecule has 0 unspecified atom stereocenters. The van der Waals surface area contributed by atoms with Crippen LogP contribution in [0.2, 0.25) is 0 Å². The average Bonchev–Trinajstić information content (AvgIpc) is 2.78. The quantitative estimate of drug-likeness (QED) is 0.486. The van der Waals surface area contributed by atoms with Crippen LogP contribution in [0.4, 0.5) is 11.4 Å². The van der Waals surface area contributed by atoms with Crippen LogP contribution < -0.4 is 20.3 Å². The highest BCUT2D eigenvalue weighted by atomic mass is 16.5. The van der Waals surface area contributed by atoms with Crippen LogP contribution in [0.5, 0.6) is 5.75 Å². The van der Waals surface area contributed by atoms with Crippen molar-refractivity contribution in [3.63, 3.8) is 0 Å². The molecule has 2 aromatic carbocycles. The van der Waals surface area contributed by atoms with Crippen molar-refractivity contribution in [2.75, 3.05) is 31.4 Å². The molecular formula is C23H25N5O2. The second kappa shape index (κ2) is 10.1. The molecule has 1 heterocycles. The predicted octanol–water partition coefficient (Wildman–Crippen LogP) is 3.55. The Labute approximate surface area is 176 Å². The Morgan fingerprint density at radius 2 is 1.83 bits per heavy atom. The summed E-state index contributed by atoms with van der Waals surface area (Å²) in [7, 11) is 5.48. The number of anilines is 2. The summed E-state index contributed by atoms with van der Waals surface area (Å²) < 4.78 is 5.27. The first-order valence-corrected chi connectivity index (χ1v) is 9.48. The molecule has 0 spiro atoms. The molecule has 0 fully saturated rings. The van der Waals surface area contributed by atoms with E-state index in [9.17, 15) is 4.79 Å². The number of pyridine rings is 1. The summed E-state index contributed by atoms with van der Waals surface area (Å²) in [5.74, 6) is 0.807. The summed E-state index contributed by atoms with van der Waals surface area (Å²) in [4.78, 5) is 23.4. The highest BCUT2D eigenvalue weighted by Gasteiger charge is 2.11. The molecule has 2 N–H and O–H groups in total. The number of carbonyl (C=O) groups excluding carboxylic acids is 1. The maximum absolute atomic E-state index is 12.9. The van der Waals surface area contributed by atoms with Crippen LogP contribution in [0.3, 0.4) is 0 Å². The van der Waals surface area contributed by atoms with E-state index in [2.05, 4.69) is 20.6 Å². The summed E-state index contributed by atoms with van der Waals surface area (Å²) in [6.07, 6.45) is 3.43. The summed E-state index contributed by atoms with van der Waals surface area (Å²) in [5.41, 5.74) is 3.23. The van der Waals surface area contributed by atoms with Gasteiger partial charge in [-0.2, -0.15) is 0 Å². The van der Waals surface area contributed by atoms with Crippen molar-refractivity contribution in [1.29, 1.82) is 0 Å². The first-order valence-electron chi connectivity index (χ1n) is 9.48. The second-order valence-electron chi connectivity index (χ2n) is 6.78. The molecule has 30 heavy (non-hydrogen) atoms. The minimum absolute atomic E-state index is 0.248. The molecule has 7 heteroatoms. The topological polar surface area (TPSA) is 78.8 Å². The monoisotopic (exact) mass is 403 g/mol. The van der Waals surface area contributed by atoms with E-state index in [1.807, 2.05) is 73.6 Å².